The molecule has 10 nitrogen and oxygen atoms in total. The summed E-state index contributed by atoms with van der Waals surface area (Å²) in [7, 11) is 0. The number of nitrogens with zero attached hydrogens (tertiary/aromatic N) is 4. The first-order valence-corrected chi connectivity index (χ1v) is 22.0. The molecule has 0 radical (unpaired) electrons. The normalized spacial score (nSPS) is 10.2. The van der Waals surface area contributed by atoms with Gasteiger partial charge in [-0.05, 0) is 19.4 Å². The maximum atomic E-state index is 10.5. The Balaban J connectivity index is 0.000000445. The largest absolute Gasteiger partial charge is 0.287 e. The number of halogens is 5. The molecule has 162 valence electrons. The molecule has 2 aromatic rings. The molecule has 0 saturated carbocycles. The van der Waals surface area contributed by atoms with Crippen molar-refractivity contribution in [3.05, 3.63) is 61.6 Å². The third-order valence-electron chi connectivity index (χ3n) is 2.66. The molecule has 0 spiro atoms. The van der Waals surface area contributed by atoms with Gasteiger partial charge in [-0.3, -0.25) is 19.7 Å². The summed E-state index contributed by atoms with van der Waals surface area (Å²) < 4.78 is 12.9. The summed E-state index contributed by atoms with van der Waals surface area (Å²) >= 11 is 9.84. The van der Waals surface area contributed by atoms with Gasteiger partial charge in [-0.15, -0.1) is 0 Å². The first kappa shape index (κ1) is 29.0. The van der Waals surface area contributed by atoms with Crippen molar-refractivity contribution in [3.63, 3.8) is 0 Å². The number of aryl methyl sites for hydroxylation is 3. The van der Waals surface area contributed by atoms with E-state index in [0.717, 1.165) is 11.1 Å². The Kier molecular flexibility index (Phi) is 14.2. The van der Waals surface area contributed by atoms with Gasteiger partial charge in [0.1, 0.15) is 5.69 Å². The fourth-order valence-corrected chi connectivity index (χ4v) is 3.12. The maximum absolute atomic E-state index is 10.5. The number of hydrogen-bond acceptors (Lipinski definition) is 8. The monoisotopic (exact) mass is 843 g/mol. The zero-order chi connectivity index (χ0) is 22.8. The van der Waals surface area contributed by atoms with Crippen LogP contribution in [-0.4, -0.2) is 19.8 Å². The molecule has 2 aromatic heterocycles. The summed E-state index contributed by atoms with van der Waals surface area (Å²) in [5, 5.41) is 20.9. The van der Waals surface area contributed by atoms with Gasteiger partial charge in [0.15, 0.2) is 0 Å². The van der Waals surface area contributed by atoms with Crippen LogP contribution in [0.1, 0.15) is 16.8 Å². The van der Waals surface area contributed by atoms with Gasteiger partial charge in [-0.1, -0.05) is 0 Å². The van der Waals surface area contributed by atoms with Gasteiger partial charge >= 0.3 is 95.7 Å². The molecule has 0 aliphatic heterocycles. The molecule has 0 fully saturated rings. The summed E-state index contributed by atoms with van der Waals surface area (Å²) in [4.78, 5) is 27.7. The van der Waals surface area contributed by atoms with E-state index >= 15 is 0 Å². The molecule has 0 N–H and O–H groups in total. The summed E-state index contributed by atoms with van der Waals surface area (Å²) in [6, 6.07) is 2.97. The van der Waals surface area contributed by atoms with Crippen molar-refractivity contribution in [1.82, 2.24) is 9.97 Å². The second-order valence-corrected chi connectivity index (χ2v) is 26.4. The van der Waals surface area contributed by atoms with E-state index in [4.69, 9.17) is 3.07 Å². The minimum absolute atomic E-state index is 0.0589. The second-order valence-electron chi connectivity index (χ2n) is 5.00. The van der Waals surface area contributed by atoms with Gasteiger partial charge in [-0.25, -0.2) is 0 Å². The molecule has 0 amide bonds. The molecule has 0 aromatic carbocycles. The van der Waals surface area contributed by atoms with Crippen LogP contribution in [0.3, 0.4) is 0 Å². The van der Waals surface area contributed by atoms with Crippen LogP contribution < -0.4 is 20.7 Å². The molecule has 0 aliphatic rings. The van der Waals surface area contributed by atoms with Gasteiger partial charge in [0, 0.05) is 58.7 Å². The minimum atomic E-state index is -2.20. The predicted octanol–water partition coefficient (Wildman–Crippen LogP) is 3.92. The van der Waals surface area contributed by atoms with Crippen LogP contribution >= 0.6 is 68.3 Å². The maximum Gasteiger partial charge on any atom is 0.268 e. The van der Waals surface area contributed by atoms with Gasteiger partial charge in [0.2, 0.25) is 0 Å². The first-order valence-electron chi connectivity index (χ1n) is 7.06. The standard InChI is InChI=1S/C7H8N2O2.C6H5I2N2O3.Br3OP/c1-5-3-7(9(10)11)6(2)8-4-5;1-4-2-5(10(11)12)6(9-3-4)13-8-7;1-5(2,3)4/h3-4H,1-2H3;2-3H,1H3;/q;-1;. The van der Waals surface area contributed by atoms with Gasteiger partial charge < -0.3 is 0 Å². The van der Waals surface area contributed by atoms with Crippen molar-refractivity contribution in [2.24, 2.45) is 0 Å². The third kappa shape index (κ3) is 13.9. The Bertz CT molecular complexity index is 910. The molecule has 0 aliphatic carbocycles. The molecule has 0 atom stereocenters. The van der Waals surface area contributed by atoms with Crippen molar-refractivity contribution in [1.29, 1.82) is 0 Å². The minimum Gasteiger partial charge on any atom is -0.287 e. The Morgan fingerprint density at radius 1 is 1.00 bits per heavy atom. The van der Waals surface area contributed by atoms with Crippen molar-refractivity contribution in [2.45, 2.75) is 20.8 Å². The van der Waals surface area contributed by atoms with E-state index in [1.54, 1.807) is 33.2 Å². The first-order chi connectivity index (χ1) is 13.3. The van der Waals surface area contributed by atoms with Crippen molar-refractivity contribution < 1.29 is 35.1 Å². The van der Waals surface area contributed by atoms with Crippen LogP contribution in [0, 0.1) is 41.0 Å². The average molecular weight is 846 g/mol. The van der Waals surface area contributed by atoms with Crippen LogP contribution in [-0.2, 0) is 4.57 Å². The van der Waals surface area contributed by atoms with Crippen LogP contribution in [0.25, 0.3) is 0 Å². The van der Waals surface area contributed by atoms with E-state index in [1.807, 2.05) is 0 Å². The SMILES string of the molecule is Cc1cnc(C)c([N+](=O)[O-])c1.Cc1cnc(O[I-]I)c([N+](=O)[O-])c1.O=P(Br)(Br)Br. The van der Waals surface area contributed by atoms with E-state index in [1.165, 1.54) is 12.1 Å². The van der Waals surface area contributed by atoms with E-state index in [0.29, 0.717) is 5.69 Å². The number of pyridine rings is 2. The van der Waals surface area contributed by atoms with E-state index < -0.39 is 30.7 Å². The van der Waals surface area contributed by atoms with Gasteiger partial charge in [0.05, 0.1) is 4.92 Å². The van der Waals surface area contributed by atoms with E-state index in [-0.39, 0.29) is 17.3 Å². The van der Waals surface area contributed by atoms with Crippen LogP contribution in [0.2, 0.25) is 0 Å². The molecule has 0 saturated heterocycles. The Hall–Kier alpha value is 0.0300. The predicted molar refractivity (Wildman–Crippen MR) is 125 cm³/mol. The molecule has 0 bridgehead atoms. The van der Waals surface area contributed by atoms with E-state index in [2.05, 4.69) is 75.1 Å². The van der Waals surface area contributed by atoms with E-state index in [9.17, 15) is 24.8 Å². The van der Waals surface area contributed by atoms with Crippen LogP contribution in [0.15, 0.2) is 24.5 Å². The molecule has 2 rings (SSSR count). The average Bonchev–Trinajstić information content (AvgIpc) is 2.57. The topological polar surface area (TPSA) is 138 Å². The molecule has 16 heteroatoms. The quantitative estimate of drug-likeness (QED) is 0.196. The van der Waals surface area contributed by atoms with Crippen molar-refractivity contribution >= 4 is 79.7 Å². The molecule has 2 heterocycles. The number of aromatic nitrogens is 2. The Morgan fingerprint density at radius 3 is 1.79 bits per heavy atom. The summed E-state index contributed by atoms with van der Waals surface area (Å²) in [6.07, 6.45) is 3.17. The Labute approximate surface area is 210 Å². The third-order valence-corrected chi connectivity index (χ3v) is 4.36. The van der Waals surface area contributed by atoms with Crippen molar-refractivity contribution in [2.75, 3.05) is 0 Å². The van der Waals surface area contributed by atoms with Crippen molar-refractivity contribution in [3.8, 4) is 5.88 Å². The Morgan fingerprint density at radius 2 is 1.41 bits per heavy atom. The van der Waals surface area contributed by atoms with Gasteiger partial charge in [-0.2, -0.15) is 0 Å². The summed E-state index contributed by atoms with van der Waals surface area (Å²) in [5.41, 5.74) is 2.05. The fraction of sp³-hybridized carbons (Fsp3) is 0.231. The summed E-state index contributed by atoms with van der Waals surface area (Å²) in [5.74, 6) is 0.123. The van der Waals surface area contributed by atoms with Gasteiger partial charge in [0.25, 0.3) is 8.94 Å². The number of nitro groups is 2. The fourth-order valence-electron chi connectivity index (χ4n) is 1.57. The second kappa shape index (κ2) is 14.2. The number of rotatable bonds is 4. The molecule has 29 heavy (non-hydrogen) atoms. The number of hydrogen-bond donors (Lipinski definition) is 0. The zero-order valence-electron chi connectivity index (χ0n) is 14.9. The van der Waals surface area contributed by atoms with Crippen LogP contribution in [0.5, 0.6) is 5.88 Å². The summed E-state index contributed by atoms with van der Waals surface area (Å²) in [6.45, 7) is 5.15. The zero-order valence-corrected chi connectivity index (χ0v) is 24.9. The molecular formula is C13H13Br3I2N4O6P-. The smallest absolute Gasteiger partial charge is 0.268 e. The molecule has 0 unspecified atom stereocenters. The molecular weight excluding hydrogens is 833 g/mol. The van der Waals surface area contributed by atoms with Crippen LogP contribution in [0.4, 0.5) is 11.4 Å².